The number of fused-ring (bicyclic) bond motifs is 2. The molecular weight excluding hydrogens is 600 g/mol. The Hall–Kier alpha value is -3.26. The zero-order chi connectivity index (χ0) is 32.4. The Morgan fingerprint density at radius 3 is 2.49 bits per heavy atom. The smallest absolute Gasteiger partial charge is 0.269 e. The van der Waals surface area contributed by atoms with Gasteiger partial charge >= 0.3 is 0 Å². The zero-order valence-corrected chi connectivity index (χ0v) is 27.0. The second-order valence-corrected chi connectivity index (χ2v) is 15.4. The summed E-state index contributed by atoms with van der Waals surface area (Å²) in [7, 11) is -4.14. The van der Waals surface area contributed by atoms with Crippen LogP contribution in [-0.4, -0.2) is 84.2 Å². The molecule has 0 unspecified atom stereocenters. The van der Waals surface area contributed by atoms with Crippen LogP contribution in [0.1, 0.15) is 58.4 Å². The Labute approximate surface area is 264 Å². The SMILES string of the molecule is CC(C)(C)NC(=O)[C@@H]1C[C@@H]2CCCC[C@@H]2CN1C[C@@H](O)CN(CCc1ccc2c(c1)OCO2)S(=O)(=O)c1ccc([N+](=O)[O-])cc1. The number of non-ortho nitro benzene ring substituents is 1. The lowest BCUT2D eigenvalue weighted by Gasteiger charge is -2.46. The van der Waals surface area contributed by atoms with E-state index in [0.717, 1.165) is 43.4 Å². The molecule has 0 spiro atoms. The van der Waals surface area contributed by atoms with E-state index in [1.54, 1.807) is 6.07 Å². The molecule has 5 rings (SSSR count). The topological polar surface area (TPSA) is 152 Å². The standard InChI is InChI=1S/C32H44N4O8S/c1-32(2,3)33-31(38)28-17-23-6-4-5-7-24(23)18-34(28)19-26(37)20-35(15-14-22-8-13-29-30(16-22)44-21-43-29)45(41,42)27-11-9-25(10-12-27)36(39)40/h8-13,16,23-24,26,28,37H,4-7,14-15,17-21H2,1-3H3,(H,33,38)/t23-,24+,26+,28-/m0/s1. The molecule has 1 saturated carbocycles. The fraction of sp³-hybridized carbons (Fsp3) is 0.594. The number of hydrogen-bond donors (Lipinski definition) is 2. The third kappa shape index (κ3) is 8.13. The van der Waals surface area contributed by atoms with Crippen LogP contribution in [0.3, 0.4) is 0 Å². The maximum Gasteiger partial charge on any atom is 0.269 e. The number of ether oxygens (including phenoxy) is 2. The van der Waals surface area contributed by atoms with E-state index in [9.17, 15) is 28.4 Å². The highest BCUT2D eigenvalue weighted by Crippen LogP contribution is 2.39. The van der Waals surface area contributed by atoms with E-state index in [4.69, 9.17) is 9.47 Å². The first-order valence-electron chi connectivity index (χ1n) is 15.7. The van der Waals surface area contributed by atoms with Crippen LogP contribution in [0.2, 0.25) is 0 Å². The van der Waals surface area contributed by atoms with E-state index in [1.165, 1.54) is 16.4 Å². The van der Waals surface area contributed by atoms with Crippen molar-refractivity contribution in [1.82, 2.24) is 14.5 Å². The van der Waals surface area contributed by atoms with Crippen molar-refractivity contribution in [2.24, 2.45) is 11.8 Å². The number of piperidine rings is 1. The molecular formula is C32H44N4O8S. The van der Waals surface area contributed by atoms with Crippen molar-refractivity contribution in [3.05, 3.63) is 58.1 Å². The second kappa shape index (κ2) is 13.6. The van der Waals surface area contributed by atoms with Crippen LogP contribution in [0, 0.1) is 22.0 Å². The normalized spacial score (nSPS) is 22.6. The second-order valence-electron chi connectivity index (χ2n) is 13.5. The van der Waals surface area contributed by atoms with Crippen molar-refractivity contribution in [2.75, 3.05) is 33.0 Å². The van der Waals surface area contributed by atoms with Gasteiger partial charge in [-0.05, 0) is 81.7 Å². The number of β-amino-alcohol motifs (C(OH)–C–C–N with tert-alkyl or cyclic N) is 1. The first kappa shape index (κ1) is 33.1. The number of nitro groups is 1. The number of amides is 1. The number of benzene rings is 2. The third-order valence-electron chi connectivity index (χ3n) is 8.93. The van der Waals surface area contributed by atoms with E-state index in [0.29, 0.717) is 42.7 Å². The van der Waals surface area contributed by atoms with E-state index >= 15 is 0 Å². The predicted octanol–water partition coefficient (Wildman–Crippen LogP) is 3.71. The molecule has 0 bridgehead atoms. The highest BCUT2D eigenvalue weighted by Gasteiger charge is 2.41. The van der Waals surface area contributed by atoms with Crippen LogP contribution in [0.15, 0.2) is 47.4 Å². The van der Waals surface area contributed by atoms with Crippen LogP contribution in [0.4, 0.5) is 5.69 Å². The number of likely N-dealkylation sites (tertiary alicyclic amines) is 1. The minimum absolute atomic E-state index is 0.0503. The molecule has 0 radical (unpaired) electrons. The first-order valence-corrected chi connectivity index (χ1v) is 17.1. The van der Waals surface area contributed by atoms with Gasteiger partial charge in [0.2, 0.25) is 22.7 Å². The van der Waals surface area contributed by atoms with Crippen molar-refractivity contribution < 1.29 is 32.7 Å². The summed E-state index contributed by atoms with van der Waals surface area (Å²) in [4.78, 5) is 26.0. The molecule has 4 atom stereocenters. The highest BCUT2D eigenvalue weighted by molar-refractivity contribution is 7.89. The molecule has 1 amide bonds. The number of sulfonamides is 1. The molecule has 45 heavy (non-hydrogen) atoms. The summed E-state index contributed by atoms with van der Waals surface area (Å²) in [5.74, 6) is 2.04. The Morgan fingerprint density at radius 1 is 1.11 bits per heavy atom. The summed E-state index contributed by atoms with van der Waals surface area (Å²) in [6.45, 7) is 6.61. The lowest BCUT2D eigenvalue weighted by Crippen LogP contribution is -2.59. The molecule has 0 aromatic heterocycles. The Morgan fingerprint density at radius 2 is 1.80 bits per heavy atom. The molecule has 2 aromatic carbocycles. The Kier molecular flexibility index (Phi) is 10.0. The van der Waals surface area contributed by atoms with E-state index < -0.39 is 32.6 Å². The molecule has 2 heterocycles. The summed E-state index contributed by atoms with van der Waals surface area (Å²) < 4.78 is 39.9. The molecule has 2 aromatic rings. The van der Waals surface area contributed by atoms with Crippen LogP contribution in [-0.2, 0) is 21.2 Å². The van der Waals surface area contributed by atoms with Crippen LogP contribution >= 0.6 is 0 Å². The largest absolute Gasteiger partial charge is 0.454 e. The first-order chi connectivity index (χ1) is 21.3. The predicted molar refractivity (Wildman–Crippen MR) is 167 cm³/mol. The molecule has 2 N–H and O–H groups in total. The number of carbonyl (C=O) groups excluding carboxylic acids is 1. The minimum Gasteiger partial charge on any atom is -0.454 e. The van der Waals surface area contributed by atoms with Crippen LogP contribution < -0.4 is 14.8 Å². The summed E-state index contributed by atoms with van der Waals surface area (Å²) in [6.07, 6.45) is 4.46. The monoisotopic (exact) mass is 644 g/mol. The Balaban J connectivity index is 1.35. The molecule has 246 valence electrons. The van der Waals surface area contributed by atoms with Crippen molar-refractivity contribution >= 4 is 21.6 Å². The van der Waals surface area contributed by atoms with Crippen molar-refractivity contribution in [1.29, 1.82) is 0 Å². The fourth-order valence-electron chi connectivity index (χ4n) is 6.74. The van der Waals surface area contributed by atoms with Gasteiger partial charge in [0.25, 0.3) is 5.69 Å². The van der Waals surface area contributed by atoms with Gasteiger partial charge in [0.1, 0.15) is 0 Å². The van der Waals surface area contributed by atoms with Gasteiger partial charge in [-0.15, -0.1) is 0 Å². The van der Waals surface area contributed by atoms with Gasteiger partial charge in [-0.25, -0.2) is 8.42 Å². The van der Waals surface area contributed by atoms with Crippen LogP contribution in [0.25, 0.3) is 0 Å². The zero-order valence-electron chi connectivity index (χ0n) is 26.2. The third-order valence-corrected chi connectivity index (χ3v) is 10.8. The number of aliphatic hydroxyl groups is 1. The van der Waals surface area contributed by atoms with E-state index in [2.05, 4.69) is 5.32 Å². The van der Waals surface area contributed by atoms with Crippen molar-refractivity contribution in [3.63, 3.8) is 0 Å². The number of carbonyl (C=O) groups is 1. The molecule has 1 aliphatic carbocycles. The van der Waals surface area contributed by atoms with Gasteiger partial charge < -0.3 is 19.9 Å². The molecule has 12 nitrogen and oxygen atoms in total. The fourth-order valence-corrected chi connectivity index (χ4v) is 8.22. The average molecular weight is 645 g/mol. The quantitative estimate of drug-likeness (QED) is 0.276. The number of nitro benzene ring substituents is 1. The van der Waals surface area contributed by atoms with E-state index in [1.807, 2.05) is 37.8 Å². The minimum atomic E-state index is -4.14. The highest BCUT2D eigenvalue weighted by atomic mass is 32.2. The molecule has 3 aliphatic rings. The maximum absolute atomic E-state index is 13.9. The lowest BCUT2D eigenvalue weighted by atomic mass is 9.72. The number of nitrogens with one attached hydrogen (secondary N) is 1. The number of hydrogen-bond acceptors (Lipinski definition) is 9. The summed E-state index contributed by atoms with van der Waals surface area (Å²) in [5.41, 5.74) is 0.206. The van der Waals surface area contributed by atoms with Gasteiger partial charge in [0.15, 0.2) is 11.5 Å². The molecule has 2 aliphatic heterocycles. The average Bonchev–Trinajstić information content (AvgIpc) is 3.46. The van der Waals surface area contributed by atoms with Gasteiger partial charge in [0, 0.05) is 43.9 Å². The number of rotatable bonds is 11. The Bertz CT molecular complexity index is 1480. The summed E-state index contributed by atoms with van der Waals surface area (Å²) in [6, 6.07) is 9.77. The van der Waals surface area contributed by atoms with Gasteiger partial charge in [-0.3, -0.25) is 19.8 Å². The van der Waals surface area contributed by atoms with Gasteiger partial charge in [-0.1, -0.05) is 25.3 Å². The van der Waals surface area contributed by atoms with Crippen molar-refractivity contribution in [3.8, 4) is 11.5 Å². The summed E-state index contributed by atoms with van der Waals surface area (Å²) in [5, 5.41) is 25.7. The van der Waals surface area contributed by atoms with Gasteiger partial charge in [-0.2, -0.15) is 4.31 Å². The van der Waals surface area contributed by atoms with Crippen LogP contribution in [0.5, 0.6) is 11.5 Å². The van der Waals surface area contributed by atoms with E-state index in [-0.39, 0.29) is 42.9 Å². The number of aliphatic hydroxyl groups excluding tert-OH is 1. The summed E-state index contributed by atoms with van der Waals surface area (Å²) >= 11 is 0. The maximum atomic E-state index is 13.9. The van der Waals surface area contributed by atoms with Gasteiger partial charge in [0.05, 0.1) is 22.0 Å². The number of nitrogens with zero attached hydrogens (tertiary/aromatic N) is 3. The molecule has 13 heteroatoms. The van der Waals surface area contributed by atoms with Crippen molar-refractivity contribution in [2.45, 2.75) is 81.9 Å². The lowest BCUT2D eigenvalue weighted by molar-refractivity contribution is -0.384. The molecule has 2 fully saturated rings. The molecule has 1 saturated heterocycles.